The highest BCUT2D eigenvalue weighted by Gasteiger charge is 2.22. The lowest BCUT2D eigenvalue weighted by Gasteiger charge is -2.20. The van der Waals surface area contributed by atoms with Crippen LogP contribution in [0.1, 0.15) is 39.6 Å². The Labute approximate surface area is 163 Å². The number of pyridine rings is 1. The monoisotopic (exact) mass is 386 g/mol. The first-order valence-corrected chi connectivity index (χ1v) is 9.22. The Kier molecular flexibility index (Phi) is 5.42. The summed E-state index contributed by atoms with van der Waals surface area (Å²) in [6.45, 7) is 8.17. The fraction of sp³-hybridized carbons (Fsp3) is 0.450. The van der Waals surface area contributed by atoms with E-state index in [9.17, 15) is 10.0 Å². The average Bonchev–Trinajstić information content (AvgIpc) is 2.98. The first kappa shape index (κ1) is 19.9. The molecule has 0 bridgehead atoms. The maximum atomic E-state index is 12.4. The Bertz CT molecular complexity index is 1010. The van der Waals surface area contributed by atoms with E-state index in [4.69, 9.17) is 9.47 Å². The highest BCUT2D eigenvalue weighted by Crippen LogP contribution is 2.27. The van der Waals surface area contributed by atoms with Gasteiger partial charge in [-0.05, 0) is 33.8 Å². The molecule has 0 aliphatic carbocycles. The zero-order chi connectivity index (χ0) is 20.5. The van der Waals surface area contributed by atoms with Crippen LogP contribution in [-0.2, 0) is 16.0 Å². The van der Waals surface area contributed by atoms with Gasteiger partial charge >= 0.3 is 6.09 Å². The number of amides is 1. The summed E-state index contributed by atoms with van der Waals surface area (Å²) in [7, 11) is 1.61. The summed E-state index contributed by atoms with van der Waals surface area (Å²) in [4.78, 5) is 16.6. The molecule has 0 spiro atoms. The van der Waals surface area contributed by atoms with Gasteiger partial charge in [-0.1, -0.05) is 12.1 Å². The minimum Gasteiger partial charge on any atom is -0.618 e. The Morgan fingerprint density at radius 2 is 2.07 bits per heavy atom. The van der Waals surface area contributed by atoms with Gasteiger partial charge in [-0.3, -0.25) is 0 Å². The van der Waals surface area contributed by atoms with Crippen molar-refractivity contribution in [3.05, 3.63) is 41.5 Å². The van der Waals surface area contributed by atoms with Crippen molar-refractivity contribution in [1.82, 2.24) is 14.9 Å². The molecule has 1 unspecified atom stereocenters. The van der Waals surface area contributed by atoms with Crippen molar-refractivity contribution >= 4 is 28.0 Å². The van der Waals surface area contributed by atoms with E-state index in [1.807, 2.05) is 50.5 Å². The normalized spacial score (nSPS) is 13.0. The fourth-order valence-electron chi connectivity index (χ4n) is 3.14. The minimum atomic E-state index is -0.556. The van der Waals surface area contributed by atoms with Crippen LogP contribution in [0.5, 0.6) is 0 Å². The molecule has 1 atom stereocenters. The molecule has 2 aromatic heterocycles. The number of nitrogens with zero attached hydrogens (tertiary/aromatic N) is 3. The first-order valence-electron chi connectivity index (χ1n) is 9.22. The Hall–Kier alpha value is -2.87. The van der Waals surface area contributed by atoms with Crippen molar-refractivity contribution in [3.8, 4) is 0 Å². The molecule has 2 heterocycles. The number of aromatic nitrogens is 3. The molecular formula is C20H26N4O4. The van der Waals surface area contributed by atoms with Crippen LogP contribution in [-0.4, -0.2) is 34.9 Å². The minimum absolute atomic E-state index is 0.271. The molecule has 8 nitrogen and oxygen atoms in total. The number of fused-ring (bicyclic) bond motifs is 3. The van der Waals surface area contributed by atoms with E-state index in [-0.39, 0.29) is 6.10 Å². The van der Waals surface area contributed by atoms with Crippen molar-refractivity contribution in [2.75, 3.05) is 13.7 Å². The Morgan fingerprint density at radius 1 is 1.36 bits per heavy atom. The van der Waals surface area contributed by atoms with E-state index < -0.39 is 11.7 Å². The number of hydrogen-bond donors (Lipinski definition) is 1. The van der Waals surface area contributed by atoms with Crippen LogP contribution >= 0.6 is 0 Å². The average molecular weight is 386 g/mol. The number of alkyl carbamates (subject to hydrolysis) is 1. The number of rotatable bonds is 5. The van der Waals surface area contributed by atoms with E-state index in [1.165, 1.54) is 6.20 Å². The third kappa shape index (κ3) is 4.01. The van der Waals surface area contributed by atoms with Crippen molar-refractivity contribution < 1.29 is 19.0 Å². The SMILES string of the molecule is COC(C)c1nc2c[n+]([O-])c3ccccc3c2n1CCNC(=O)OC(C)(C)C. The van der Waals surface area contributed by atoms with Crippen LogP contribution in [0.25, 0.3) is 21.9 Å². The second-order valence-electron chi connectivity index (χ2n) is 7.63. The maximum Gasteiger partial charge on any atom is 0.407 e. The zero-order valence-corrected chi connectivity index (χ0v) is 16.9. The zero-order valence-electron chi connectivity index (χ0n) is 16.9. The van der Waals surface area contributed by atoms with E-state index in [0.717, 1.165) is 15.6 Å². The molecule has 0 fully saturated rings. The third-order valence-corrected chi connectivity index (χ3v) is 4.38. The maximum absolute atomic E-state index is 12.4. The second-order valence-corrected chi connectivity index (χ2v) is 7.63. The number of carbonyl (C=O) groups excluding carboxylic acids is 1. The van der Waals surface area contributed by atoms with Gasteiger partial charge < -0.3 is 24.6 Å². The lowest BCUT2D eigenvalue weighted by molar-refractivity contribution is -0.575. The summed E-state index contributed by atoms with van der Waals surface area (Å²) in [6, 6.07) is 7.38. The predicted molar refractivity (Wildman–Crippen MR) is 106 cm³/mol. The van der Waals surface area contributed by atoms with Gasteiger partial charge in [0.15, 0.2) is 5.52 Å². The molecule has 1 N–H and O–H groups in total. The highest BCUT2D eigenvalue weighted by molar-refractivity contribution is 6.00. The smallest absolute Gasteiger partial charge is 0.407 e. The van der Waals surface area contributed by atoms with Gasteiger partial charge in [0.25, 0.3) is 0 Å². The van der Waals surface area contributed by atoms with Crippen LogP contribution in [0.4, 0.5) is 4.79 Å². The second kappa shape index (κ2) is 7.63. The van der Waals surface area contributed by atoms with Gasteiger partial charge in [0, 0.05) is 26.3 Å². The molecule has 0 saturated heterocycles. The van der Waals surface area contributed by atoms with Crippen LogP contribution in [0.2, 0.25) is 0 Å². The molecule has 28 heavy (non-hydrogen) atoms. The molecule has 0 aliphatic heterocycles. The highest BCUT2D eigenvalue weighted by atomic mass is 16.6. The summed E-state index contributed by atoms with van der Waals surface area (Å²) in [5.41, 5.74) is 1.43. The summed E-state index contributed by atoms with van der Waals surface area (Å²) in [5.74, 6) is 0.694. The number of hydrogen-bond acceptors (Lipinski definition) is 5. The Balaban J connectivity index is 1.99. The summed E-state index contributed by atoms with van der Waals surface area (Å²) in [5, 5.41) is 15.9. The van der Waals surface area contributed by atoms with Crippen molar-refractivity contribution in [2.45, 2.75) is 45.9 Å². The summed E-state index contributed by atoms with van der Waals surface area (Å²) < 4.78 is 13.6. The van der Waals surface area contributed by atoms with Gasteiger partial charge in [-0.2, -0.15) is 4.73 Å². The van der Waals surface area contributed by atoms with E-state index >= 15 is 0 Å². The number of ether oxygens (including phenoxy) is 2. The summed E-state index contributed by atoms with van der Waals surface area (Å²) >= 11 is 0. The molecule has 3 aromatic rings. The first-order chi connectivity index (χ1) is 13.2. The number of nitrogens with one attached hydrogen (secondary N) is 1. The number of imidazole rings is 1. The van der Waals surface area contributed by atoms with Crippen molar-refractivity contribution in [1.29, 1.82) is 0 Å². The van der Waals surface area contributed by atoms with Crippen molar-refractivity contribution in [2.24, 2.45) is 0 Å². The quantitative estimate of drug-likeness (QED) is 0.537. The molecule has 8 heteroatoms. The van der Waals surface area contributed by atoms with Crippen LogP contribution in [0.15, 0.2) is 30.5 Å². The van der Waals surface area contributed by atoms with E-state index in [2.05, 4.69) is 10.3 Å². The van der Waals surface area contributed by atoms with Gasteiger partial charge in [-0.25, -0.2) is 9.78 Å². The molecular weight excluding hydrogens is 360 g/mol. The number of benzene rings is 1. The van der Waals surface area contributed by atoms with E-state index in [0.29, 0.717) is 29.9 Å². The molecule has 1 aromatic carbocycles. The van der Waals surface area contributed by atoms with Crippen LogP contribution in [0.3, 0.4) is 0 Å². The van der Waals surface area contributed by atoms with Gasteiger partial charge in [0.05, 0.1) is 10.9 Å². The molecule has 0 radical (unpaired) electrons. The lowest BCUT2D eigenvalue weighted by Crippen LogP contribution is -2.34. The van der Waals surface area contributed by atoms with Crippen LogP contribution < -0.4 is 10.0 Å². The third-order valence-electron chi connectivity index (χ3n) is 4.38. The van der Waals surface area contributed by atoms with Crippen LogP contribution in [0, 0.1) is 5.21 Å². The number of para-hydroxylation sites is 1. The standard InChI is InChI=1S/C20H26N4O4/c1-13(27-5)18-22-15-12-24(26)16-9-7-6-8-14(16)17(15)23(18)11-10-21-19(25)28-20(2,3)4/h6-9,12-13H,10-11H2,1-5H3,(H,21,25). The summed E-state index contributed by atoms with van der Waals surface area (Å²) in [6.07, 6.45) is 0.731. The van der Waals surface area contributed by atoms with Gasteiger partial charge in [0.2, 0.25) is 11.7 Å². The number of carbonyl (C=O) groups is 1. The Morgan fingerprint density at radius 3 is 2.75 bits per heavy atom. The van der Waals surface area contributed by atoms with E-state index in [1.54, 1.807) is 13.2 Å². The van der Waals surface area contributed by atoms with Crippen molar-refractivity contribution in [3.63, 3.8) is 0 Å². The largest absolute Gasteiger partial charge is 0.618 e. The van der Waals surface area contributed by atoms with Gasteiger partial charge in [0.1, 0.15) is 17.5 Å². The fourth-order valence-corrected chi connectivity index (χ4v) is 3.14. The molecule has 3 rings (SSSR count). The predicted octanol–water partition coefficient (Wildman–Crippen LogP) is 3.06. The van der Waals surface area contributed by atoms with Gasteiger partial charge in [-0.15, -0.1) is 0 Å². The molecule has 150 valence electrons. The molecule has 0 aliphatic rings. The number of methoxy groups -OCH3 is 1. The lowest BCUT2D eigenvalue weighted by atomic mass is 10.2. The molecule has 1 amide bonds. The topological polar surface area (TPSA) is 92.3 Å². The molecule has 0 saturated carbocycles.